The molecule has 1 aromatic carbocycles. The van der Waals surface area contributed by atoms with Gasteiger partial charge in [-0.15, -0.1) is 0 Å². The zero-order valence-corrected chi connectivity index (χ0v) is 22.6. The van der Waals surface area contributed by atoms with E-state index in [9.17, 15) is 18.0 Å². The van der Waals surface area contributed by atoms with Crippen LogP contribution in [0.3, 0.4) is 0 Å². The first-order chi connectivity index (χ1) is 17.5. The molecule has 0 radical (unpaired) electrons. The molecule has 2 aromatic rings. The fourth-order valence-electron chi connectivity index (χ4n) is 5.29. The van der Waals surface area contributed by atoms with Crippen molar-refractivity contribution in [2.24, 2.45) is 5.92 Å². The van der Waals surface area contributed by atoms with Crippen LogP contribution in [0.1, 0.15) is 46.1 Å². The van der Waals surface area contributed by atoms with Crippen LogP contribution in [0, 0.1) is 5.92 Å². The molecule has 0 unspecified atom stereocenters. The number of hydrogen-bond donors (Lipinski definition) is 1. The number of piperazine rings is 1. The molecular formula is C26H36N6O4S. The Morgan fingerprint density at radius 2 is 1.84 bits per heavy atom. The summed E-state index contributed by atoms with van der Waals surface area (Å²) in [5.74, 6) is -0.0342. The maximum absolute atomic E-state index is 13.4. The SMILES string of the molecule is C=CC(=O)N1CC[C@H](n2ncc3c(N4CCN(C(=O)C(C)C)CC4)cc(S(=O)(=O)NC4(C)CC4)cc32)C1. The molecule has 1 aliphatic carbocycles. The van der Waals surface area contributed by atoms with Crippen LogP contribution in [0.15, 0.2) is 35.9 Å². The second-order valence-electron chi connectivity index (χ2n) is 11.0. The van der Waals surface area contributed by atoms with Crippen molar-refractivity contribution in [3.8, 4) is 0 Å². The number of anilines is 1. The van der Waals surface area contributed by atoms with E-state index < -0.39 is 15.6 Å². The van der Waals surface area contributed by atoms with Crippen LogP contribution in [-0.4, -0.2) is 84.6 Å². The molecule has 0 bridgehead atoms. The number of rotatable bonds is 7. The number of fused-ring (bicyclic) bond motifs is 1. The van der Waals surface area contributed by atoms with Crippen LogP contribution in [-0.2, 0) is 19.6 Å². The minimum Gasteiger partial charge on any atom is -0.367 e. The monoisotopic (exact) mass is 528 g/mol. The maximum Gasteiger partial charge on any atom is 0.246 e. The van der Waals surface area contributed by atoms with Crippen LogP contribution >= 0.6 is 0 Å². The van der Waals surface area contributed by atoms with Crippen LogP contribution in [0.2, 0.25) is 0 Å². The maximum atomic E-state index is 13.4. The van der Waals surface area contributed by atoms with E-state index in [1.54, 1.807) is 23.2 Å². The van der Waals surface area contributed by atoms with E-state index >= 15 is 0 Å². The zero-order valence-electron chi connectivity index (χ0n) is 21.8. The summed E-state index contributed by atoms with van der Waals surface area (Å²) in [5.41, 5.74) is 1.14. The first-order valence-electron chi connectivity index (χ1n) is 13.0. The molecule has 11 heteroatoms. The lowest BCUT2D eigenvalue weighted by Crippen LogP contribution is -2.50. The number of nitrogens with one attached hydrogen (secondary N) is 1. The number of aromatic nitrogens is 2. The van der Waals surface area contributed by atoms with Crippen molar-refractivity contribution in [3.05, 3.63) is 31.0 Å². The summed E-state index contributed by atoms with van der Waals surface area (Å²) >= 11 is 0. The lowest BCUT2D eigenvalue weighted by atomic mass is 10.1. The van der Waals surface area contributed by atoms with Gasteiger partial charge in [0.25, 0.3) is 0 Å². The van der Waals surface area contributed by atoms with Crippen molar-refractivity contribution < 1.29 is 18.0 Å². The Morgan fingerprint density at radius 3 is 2.46 bits per heavy atom. The van der Waals surface area contributed by atoms with Gasteiger partial charge >= 0.3 is 0 Å². The minimum absolute atomic E-state index is 0.0541. The van der Waals surface area contributed by atoms with Gasteiger partial charge in [-0.1, -0.05) is 20.4 Å². The quantitative estimate of drug-likeness (QED) is 0.552. The molecule has 2 amide bonds. The highest BCUT2D eigenvalue weighted by Gasteiger charge is 2.41. The van der Waals surface area contributed by atoms with E-state index in [0.29, 0.717) is 39.3 Å². The fourth-order valence-corrected chi connectivity index (χ4v) is 6.79. The van der Waals surface area contributed by atoms with Crippen LogP contribution in [0.4, 0.5) is 5.69 Å². The predicted molar refractivity (Wildman–Crippen MR) is 142 cm³/mol. The zero-order chi connectivity index (χ0) is 26.5. The van der Waals surface area contributed by atoms with Crippen molar-refractivity contribution in [3.63, 3.8) is 0 Å². The summed E-state index contributed by atoms with van der Waals surface area (Å²) < 4.78 is 31.6. The predicted octanol–water partition coefficient (Wildman–Crippen LogP) is 2.13. The highest BCUT2D eigenvalue weighted by molar-refractivity contribution is 7.89. The molecule has 1 aromatic heterocycles. The van der Waals surface area contributed by atoms with Crippen LogP contribution in [0.25, 0.3) is 10.9 Å². The Balaban J connectivity index is 1.51. The van der Waals surface area contributed by atoms with E-state index in [-0.39, 0.29) is 28.7 Å². The van der Waals surface area contributed by atoms with Crippen molar-refractivity contribution in [1.82, 2.24) is 24.3 Å². The van der Waals surface area contributed by atoms with Crippen LogP contribution < -0.4 is 9.62 Å². The van der Waals surface area contributed by atoms with Crippen molar-refractivity contribution in [1.29, 1.82) is 0 Å². The summed E-state index contributed by atoms with van der Waals surface area (Å²) in [6, 6.07) is 3.39. The number of nitrogens with zero attached hydrogens (tertiary/aromatic N) is 5. The normalized spacial score (nSPS) is 21.6. The van der Waals surface area contributed by atoms with Gasteiger partial charge < -0.3 is 14.7 Å². The molecule has 200 valence electrons. The van der Waals surface area contributed by atoms with Gasteiger partial charge in [0.15, 0.2) is 0 Å². The second-order valence-corrected chi connectivity index (χ2v) is 12.7. The van der Waals surface area contributed by atoms with Gasteiger partial charge in [0.1, 0.15) is 0 Å². The van der Waals surface area contributed by atoms with Gasteiger partial charge in [0.05, 0.1) is 22.7 Å². The highest BCUT2D eigenvalue weighted by Crippen LogP contribution is 2.38. The third kappa shape index (κ3) is 4.98. The van der Waals surface area contributed by atoms with Gasteiger partial charge in [-0.05, 0) is 44.4 Å². The van der Waals surface area contributed by atoms with E-state index in [1.807, 2.05) is 30.4 Å². The van der Waals surface area contributed by atoms with Gasteiger partial charge in [0, 0.05) is 61.8 Å². The van der Waals surface area contributed by atoms with E-state index in [4.69, 9.17) is 0 Å². The highest BCUT2D eigenvalue weighted by atomic mass is 32.2. The Labute approximate surface area is 218 Å². The molecule has 1 saturated carbocycles. The Morgan fingerprint density at radius 1 is 1.14 bits per heavy atom. The molecule has 37 heavy (non-hydrogen) atoms. The number of carbonyl (C=O) groups is 2. The Bertz CT molecular complexity index is 1340. The Hall–Kier alpha value is -2.92. The average Bonchev–Trinajstić information content (AvgIpc) is 3.25. The van der Waals surface area contributed by atoms with Crippen LogP contribution in [0.5, 0.6) is 0 Å². The minimum atomic E-state index is -3.75. The van der Waals surface area contributed by atoms with Crippen molar-refractivity contribution >= 4 is 38.4 Å². The molecule has 10 nitrogen and oxygen atoms in total. The first kappa shape index (κ1) is 25.7. The van der Waals surface area contributed by atoms with Gasteiger partial charge in [-0.3, -0.25) is 14.3 Å². The standard InChI is InChI=1S/C26H36N6O4S/c1-5-24(33)31-9-6-19(17-31)32-23-15-20(37(35,36)28-26(4)7-8-26)14-22(21(23)16-27-32)29-10-12-30(13-11-29)25(34)18(2)3/h5,14-16,18-19,28H,1,6-13,17H2,2-4H3/t19-/m0/s1. The average molecular weight is 529 g/mol. The lowest BCUT2D eigenvalue weighted by molar-refractivity contribution is -0.134. The number of likely N-dealkylation sites (tertiary alicyclic amines) is 1. The van der Waals surface area contributed by atoms with E-state index in [2.05, 4.69) is 21.3 Å². The molecule has 3 heterocycles. The fraction of sp³-hybridized carbons (Fsp3) is 0.577. The largest absolute Gasteiger partial charge is 0.367 e. The summed E-state index contributed by atoms with van der Waals surface area (Å²) in [6.07, 6.45) is 5.48. The van der Waals surface area contributed by atoms with Gasteiger partial charge in [-0.25, -0.2) is 13.1 Å². The third-order valence-electron chi connectivity index (χ3n) is 7.78. The number of hydrogen-bond acceptors (Lipinski definition) is 6. The summed E-state index contributed by atoms with van der Waals surface area (Å²) in [4.78, 5) is 30.6. The third-order valence-corrected chi connectivity index (χ3v) is 9.40. The summed E-state index contributed by atoms with van der Waals surface area (Å²) in [7, 11) is -3.75. The molecule has 3 fully saturated rings. The molecule has 2 aliphatic heterocycles. The van der Waals surface area contributed by atoms with Crippen molar-refractivity contribution in [2.45, 2.75) is 56.5 Å². The number of benzene rings is 1. The molecule has 3 aliphatic rings. The molecule has 1 N–H and O–H groups in total. The molecule has 1 atom stereocenters. The first-order valence-corrected chi connectivity index (χ1v) is 14.5. The van der Waals surface area contributed by atoms with Crippen molar-refractivity contribution in [2.75, 3.05) is 44.2 Å². The summed E-state index contributed by atoms with van der Waals surface area (Å²) in [6.45, 7) is 12.8. The topological polar surface area (TPSA) is 108 Å². The Kier molecular flexibility index (Phi) is 6.56. The molecule has 5 rings (SSSR count). The van der Waals surface area contributed by atoms with E-state index in [0.717, 1.165) is 35.9 Å². The van der Waals surface area contributed by atoms with Gasteiger partial charge in [-0.2, -0.15) is 5.10 Å². The molecule has 0 spiro atoms. The molecule has 2 saturated heterocycles. The lowest BCUT2D eigenvalue weighted by Gasteiger charge is -2.37. The summed E-state index contributed by atoms with van der Waals surface area (Å²) in [5, 5.41) is 5.54. The smallest absolute Gasteiger partial charge is 0.246 e. The number of carbonyl (C=O) groups excluding carboxylic acids is 2. The number of amides is 2. The molecular weight excluding hydrogens is 492 g/mol. The number of sulfonamides is 1. The second kappa shape index (κ2) is 9.43. The van der Waals surface area contributed by atoms with E-state index in [1.165, 1.54) is 6.08 Å². The van der Waals surface area contributed by atoms with Gasteiger partial charge in [0.2, 0.25) is 21.8 Å².